The fourth-order valence-electron chi connectivity index (χ4n) is 2.52. The van der Waals surface area contributed by atoms with Crippen LogP contribution in [0.15, 0.2) is 55.1 Å². The van der Waals surface area contributed by atoms with Crippen molar-refractivity contribution in [1.82, 2.24) is 5.01 Å². The first-order valence-electron chi connectivity index (χ1n) is 7.22. The van der Waals surface area contributed by atoms with Gasteiger partial charge in [-0.25, -0.2) is 5.84 Å². The van der Waals surface area contributed by atoms with E-state index in [1.165, 1.54) is 5.01 Å². The summed E-state index contributed by atoms with van der Waals surface area (Å²) in [6.45, 7) is 7.60. The lowest BCUT2D eigenvalue weighted by molar-refractivity contribution is -0.134. The number of rotatable bonds is 5. The van der Waals surface area contributed by atoms with Gasteiger partial charge in [0, 0.05) is 6.04 Å². The molecule has 3 heteroatoms. The maximum absolute atomic E-state index is 12.7. The molecule has 110 valence electrons. The summed E-state index contributed by atoms with van der Waals surface area (Å²) in [5.41, 5.74) is 1.01. The zero-order valence-corrected chi connectivity index (χ0v) is 12.6. The molecule has 1 atom stereocenters. The number of fused-ring (bicyclic) bond motifs is 1. The third kappa shape index (κ3) is 3.14. The average molecular weight is 282 g/mol. The third-order valence-electron chi connectivity index (χ3n) is 3.71. The van der Waals surface area contributed by atoms with Gasteiger partial charge in [-0.1, -0.05) is 48.5 Å². The predicted octanol–water partition coefficient (Wildman–Crippen LogP) is 3.61. The molecule has 0 aliphatic heterocycles. The van der Waals surface area contributed by atoms with Crippen LogP contribution in [0.5, 0.6) is 0 Å². The van der Waals surface area contributed by atoms with Crippen LogP contribution in [0, 0.1) is 0 Å². The van der Waals surface area contributed by atoms with Crippen molar-refractivity contribution in [3.05, 3.63) is 60.7 Å². The second kappa shape index (κ2) is 6.55. The number of hydrogen-bond donors (Lipinski definition) is 1. The summed E-state index contributed by atoms with van der Waals surface area (Å²) in [6, 6.07) is 14.1. The van der Waals surface area contributed by atoms with Gasteiger partial charge in [-0.05, 0) is 36.6 Å². The number of hydrogen-bond acceptors (Lipinski definition) is 2. The number of carbonyl (C=O) groups excluding carboxylic acids is 1. The van der Waals surface area contributed by atoms with Gasteiger partial charge in [0.1, 0.15) is 0 Å². The van der Waals surface area contributed by atoms with Crippen LogP contribution in [0.25, 0.3) is 10.8 Å². The summed E-state index contributed by atoms with van der Waals surface area (Å²) in [7, 11) is 0. The van der Waals surface area contributed by atoms with E-state index in [9.17, 15) is 4.79 Å². The number of amides is 1. The van der Waals surface area contributed by atoms with Crippen molar-refractivity contribution in [2.24, 2.45) is 5.84 Å². The fraction of sp³-hybridized carbons (Fsp3) is 0.278. The van der Waals surface area contributed by atoms with Gasteiger partial charge in [-0.15, -0.1) is 6.58 Å². The summed E-state index contributed by atoms with van der Waals surface area (Å²) in [5.74, 6) is 5.56. The minimum absolute atomic E-state index is 0.0280. The molecule has 0 aromatic heterocycles. The van der Waals surface area contributed by atoms with Crippen LogP contribution in [0.4, 0.5) is 0 Å². The van der Waals surface area contributed by atoms with E-state index in [2.05, 4.69) is 18.7 Å². The van der Waals surface area contributed by atoms with Crippen molar-refractivity contribution in [2.45, 2.75) is 32.2 Å². The summed E-state index contributed by atoms with van der Waals surface area (Å²) < 4.78 is 0. The lowest BCUT2D eigenvalue weighted by atomic mass is 9.90. The summed E-state index contributed by atoms with van der Waals surface area (Å²) in [4.78, 5) is 12.7. The molecule has 3 nitrogen and oxygen atoms in total. The molecule has 1 unspecified atom stereocenters. The van der Waals surface area contributed by atoms with E-state index < -0.39 is 0 Å². The van der Waals surface area contributed by atoms with Crippen LogP contribution in [-0.2, 0) is 4.79 Å². The first kappa shape index (κ1) is 15.3. The normalized spacial score (nSPS) is 12.4. The number of allylic oxidation sites excluding steroid dienone is 1. The summed E-state index contributed by atoms with van der Waals surface area (Å²) >= 11 is 0. The molecule has 0 radical (unpaired) electrons. The number of hydrazine groups is 1. The first-order valence-corrected chi connectivity index (χ1v) is 7.22. The molecule has 2 N–H and O–H groups in total. The Morgan fingerprint density at radius 1 is 1.24 bits per heavy atom. The van der Waals surface area contributed by atoms with Crippen LogP contribution in [0.1, 0.15) is 31.7 Å². The Morgan fingerprint density at radius 2 is 1.90 bits per heavy atom. The SMILES string of the molecule is C=CCC(C(=O)N(N)C(C)C)c1cccc2ccccc12. The van der Waals surface area contributed by atoms with E-state index in [0.29, 0.717) is 6.42 Å². The largest absolute Gasteiger partial charge is 0.278 e. The standard InChI is InChI=1S/C18H22N2O/c1-4-8-17(18(21)20(19)13(2)3)16-12-7-10-14-9-5-6-11-15(14)16/h4-7,9-13,17H,1,8,19H2,2-3H3. The van der Waals surface area contributed by atoms with Gasteiger partial charge < -0.3 is 0 Å². The van der Waals surface area contributed by atoms with Gasteiger partial charge in [0.05, 0.1) is 5.92 Å². The van der Waals surface area contributed by atoms with Crippen LogP contribution < -0.4 is 5.84 Å². The molecule has 0 saturated heterocycles. The third-order valence-corrected chi connectivity index (χ3v) is 3.71. The Kier molecular flexibility index (Phi) is 4.76. The molecule has 0 bridgehead atoms. The highest BCUT2D eigenvalue weighted by Crippen LogP contribution is 2.29. The lowest BCUT2D eigenvalue weighted by Crippen LogP contribution is -2.45. The minimum atomic E-state index is -0.291. The van der Waals surface area contributed by atoms with E-state index in [4.69, 9.17) is 5.84 Å². The Morgan fingerprint density at radius 3 is 2.57 bits per heavy atom. The summed E-state index contributed by atoms with van der Waals surface area (Å²) in [5, 5.41) is 3.54. The van der Waals surface area contributed by atoms with E-state index in [1.807, 2.05) is 44.2 Å². The molecule has 0 spiro atoms. The van der Waals surface area contributed by atoms with E-state index in [-0.39, 0.29) is 17.9 Å². The van der Waals surface area contributed by atoms with Gasteiger partial charge in [0.25, 0.3) is 0 Å². The van der Waals surface area contributed by atoms with Crippen molar-refractivity contribution in [3.8, 4) is 0 Å². The molecular weight excluding hydrogens is 260 g/mol. The van der Waals surface area contributed by atoms with Crippen LogP contribution in [-0.4, -0.2) is 17.0 Å². The molecule has 0 saturated carbocycles. The van der Waals surface area contributed by atoms with Crippen LogP contribution in [0.3, 0.4) is 0 Å². The lowest BCUT2D eigenvalue weighted by Gasteiger charge is -2.26. The van der Waals surface area contributed by atoms with Gasteiger partial charge in [0.15, 0.2) is 0 Å². The maximum Gasteiger partial charge on any atom is 0.244 e. The smallest absolute Gasteiger partial charge is 0.244 e. The van der Waals surface area contributed by atoms with Gasteiger partial charge in [-0.2, -0.15) is 0 Å². The van der Waals surface area contributed by atoms with E-state index >= 15 is 0 Å². The van der Waals surface area contributed by atoms with Crippen molar-refractivity contribution in [2.75, 3.05) is 0 Å². The Bertz CT molecular complexity index is 643. The van der Waals surface area contributed by atoms with Crippen molar-refractivity contribution in [3.63, 3.8) is 0 Å². The fourth-order valence-corrected chi connectivity index (χ4v) is 2.52. The molecule has 2 rings (SSSR count). The summed E-state index contributed by atoms with van der Waals surface area (Å²) in [6.07, 6.45) is 2.35. The zero-order chi connectivity index (χ0) is 15.4. The quantitative estimate of drug-likeness (QED) is 0.394. The maximum atomic E-state index is 12.7. The molecule has 0 aliphatic carbocycles. The number of benzene rings is 2. The van der Waals surface area contributed by atoms with Gasteiger partial charge >= 0.3 is 0 Å². The molecule has 0 heterocycles. The topological polar surface area (TPSA) is 46.3 Å². The average Bonchev–Trinajstić information content (AvgIpc) is 2.50. The highest BCUT2D eigenvalue weighted by atomic mass is 16.2. The van der Waals surface area contributed by atoms with Crippen molar-refractivity contribution < 1.29 is 4.79 Å². The second-order valence-corrected chi connectivity index (χ2v) is 5.48. The molecule has 21 heavy (non-hydrogen) atoms. The molecule has 0 fully saturated rings. The number of nitrogens with two attached hydrogens (primary N) is 1. The van der Waals surface area contributed by atoms with Crippen molar-refractivity contribution >= 4 is 16.7 Å². The van der Waals surface area contributed by atoms with Gasteiger partial charge in [-0.3, -0.25) is 9.80 Å². The molecule has 0 aliphatic rings. The highest BCUT2D eigenvalue weighted by molar-refractivity contribution is 5.93. The zero-order valence-electron chi connectivity index (χ0n) is 12.6. The van der Waals surface area contributed by atoms with Crippen LogP contribution >= 0.6 is 0 Å². The van der Waals surface area contributed by atoms with Gasteiger partial charge in [0.2, 0.25) is 5.91 Å². The predicted molar refractivity (Wildman–Crippen MR) is 87.7 cm³/mol. The monoisotopic (exact) mass is 282 g/mol. The Labute approximate surface area is 126 Å². The van der Waals surface area contributed by atoms with Crippen molar-refractivity contribution in [1.29, 1.82) is 0 Å². The molecule has 2 aromatic carbocycles. The molecule has 2 aromatic rings. The molecular formula is C18H22N2O. The number of nitrogens with zero attached hydrogens (tertiary/aromatic N) is 1. The Balaban J connectivity index is 2.50. The minimum Gasteiger partial charge on any atom is -0.278 e. The highest BCUT2D eigenvalue weighted by Gasteiger charge is 2.26. The molecule has 1 amide bonds. The Hall–Kier alpha value is -2.13. The van der Waals surface area contributed by atoms with Crippen LogP contribution in [0.2, 0.25) is 0 Å². The van der Waals surface area contributed by atoms with E-state index in [1.54, 1.807) is 6.08 Å². The second-order valence-electron chi connectivity index (χ2n) is 5.48. The number of carbonyl (C=O) groups is 1. The van der Waals surface area contributed by atoms with E-state index in [0.717, 1.165) is 16.3 Å². The first-order chi connectivity index (χ1) is 10.1.